The molecule has 1 aliphatic heterocycles. The highest BCUT2D eigenvalue weighted by atomic mass is 32.2. The van der Waals surface area contributed by atoms with Crippen LogP contribution >= 0.6 is 11.8 Å². The van der Waals surface area contributed by atoms with Crippen LogP contribution in [-0.2, 0) is 0 Å². The molecule has 0 spiro atoms. The van der Waals surface area contributed by atoms with Gasteiger partial charge in [0.25, 0.3) is 5.91 Å². The number of benzene rings is 1. The number of ketones is 1. The molecule has 0 atom stereocenters. The summed E-state index contributed by atoms with van der Waals surface area (Å²) in [5.74, 6) is 0.240. The standard InChI is InChI=1S/C21H20FN5O2S/c22-16-6-3-14(4-7-16)5-8-19-24-21(26-25-19)30-13-18(28)15-11-17(23-12-15)20(29)27-9-1-2-10-27/h3-8,11-12,23H,1-2,9-10,13H2,(H,24,25,26). The molecule has 1 fully saturated rings. The van der Waals surface area contributed by atoms with Gasteiger partial charge in [0.2, 0.25) is 5.16 Å². The normalized spacial score (nSPS) is 14.0. The van der Waals surface area contributed by atoms with E-state index in [-0.39, 0.29) is 23.3 Å². The Morgan fingerprint density at radius 2 is 1.93 bits per heavy atom. The summed E-state index contributed by atoms with van der Waals surface area (Å²) in [6, 6.07) is 7.71. The van der Waals surface area contributed by atoms with Gasteiger partial charge in [-0.25, -0.2) is 9.37 Å². The first-order valence-corrected chi connectivity index (χ1v) is 10.6. The Morgan fingerprint density at radius 3 is 2.70 bits per heavy atom. The molecule has 0 saturated carbocycles. The fourth-order valence-corrected chi connectivity index (χ4v) is 3.83. The van der Waals surface area contributed by atoms with Gasteiger partial charge in [0.15, 0.2) is 5.78 Å². The first kappa shape index (κ1) is 20.1. The van der Waals surface area contributed by atoms with Crippen molar-refractivity contribution < 1.29 is 14.0 Å². The summed E-state index contributed by atoms with van der Waals surface area (Å²) in [6.07, 6.45) is 7.13. The predicted octanol–water partition coefficient (Wildman–Crippen LogP) is 3.65. The van der Waals surface area contributed by atoms with Crippen molar-refractivity contribution >= 4 is 35.6 Å². The molecule has 1 amide bonds. The molecule has 4 rings (SSSR count). The van der Waals surface area contributed by atoms with Crippen molar-refractivity contribution in [2.24, 2.45) is 0 Å². The highest BCUT2D eigenvalue weighted by molar-refractivity contribution is 7.99. The molecule has 0 unspecified atom stereocenters. The van der Waals surface area contributed by atoms with E-state index in [1.54, 1.807) is 41.4 Å². The van der Waals surface area contributed by atoms with Crippen molar-refractivity contribution in [1.82, 2.24) is 25.1 Å². The van der Waals surface area contributed by atoms with Gasteiger partial charge in [-0.15, -0.1) is 5.10 Å². The van der Waals surface area contributed by atoms with Gasteiger partial charge in [-0.3, -0.25) is 14.7 Å². The lowest BCUT2D eigenvalue weighted by Gasteiger charge is -2.13. The summed E-state index contributed by atoms with van der Waals surface area (Å²) in [4.78, 5) is 33.8. The van der Waals surface area contributed by atoms with E-state index in [1.807, 2.05) is 0 Å². The van der Waals surface area contributed by atoms with Crippen molar-refractivity contribution in [2.75, 3.05) is 18.8 Å². The number of carbonyl (C=O) groups is 2. The zero-order valence-electron chi connectivity index (χ0n) is 16.1. The van der Waals surface area contributed by atoms with Crippen LogP contribution < -0.4 is 0 Å². The van der Waals surface area contributed by atoms with Crippen molar-refractivity contribution in [3.8, 4) is 0 Å². The van der Waals surface area contributed by atoms with Crippen LogP contribution in [0.2, 0.25) is 0 Å². The zero-order chi connectivity index (χ0) is 20.9. The molecule has 2 N–H and O–H groups in total. The third-order valence-electron chi connectivity index (χ3n) is 4.75. The highest BCUT2D eigenvalue weighted by Crippen LogP contribution is 2.18. The van der Waals surface area contributed by atoms with Crippen LogP contribution in [0.4, 0.5) is 4.39 Å². The number of Topliss-reactive ketones (excluding diaryl/α,β-unsaturated/α-hetero) is 1. The van der Waals surface area contributed by atoms with Crippen LogP contribution in [0.25, 0.3) is 12.2 Å². The Bertz CT molecular complexity index is 1070. The Hall–Kier alpha value is -3.20. The number of hydrogen-bond acceptors (Lipinski definition) is 5. The van der Waals surface area contributed by atoms with Crippen LogP contribution in [0.1, 0.15) is 45.1 Å². The third-order valence-corrected chi connectivity index (χ3v) is 5.59. The van der Waals surface area contributed by atoms with Gasteiger partial charge in [0, 0.05) is 24.8 Å². The van der Waals surface area contributed by atoms with Gasteiger partial charge in [-0.05, 0) is 42.7 Å². The maximum atomic E-state index is 12.9. The smallest absolute Gasteiger partial charge is 0.270 e. The van der Waals surface area contributed by atoms with E-state index in [0.29, 0.717) is 22.2 Å². The Morgan fingerprint density at radius 1 is 1.17 bits per heavy atom. The number of H-pyrrole nitrogens is 2. The van der Waals surface area contributed by atoms with Crippen molar-refractivity contribution in [1.29, 1.82) is 0 Å². The molecule has 1 aliphatic rings. The van der Waals surface area contributed by atoms with E-state index in [1.165, 1.54) is 23.9 Å². The lowest BCUT2D eigenvalue weighted by molar-refractivity contribution is 0.0787. The van der Waals surface area contributed by atoms with Crippen LogP contribution in [0.15, 0.2) is 41.7 Å². The molecule has 1 saturated heterocycles. The second kappa shape index (κ2) is 9.08. The van der Waals surface area contributed by atoms with E-state index in [4.69, 9.17) is 0 Å². The van der Waals surface area contributed by atoms with Crippen molar-refractivity contribution in [3.63, 3.8) is 0 Å². The minimum Gasteiger partial charge on any atom is -0.356 e. The molecule has 3 aromatic rings. The highest BCUT2D eigenvalue weighted by Gasteiger charge is 2.21. The molecular formula is C21H20FN5O2S. The number of aromatic nitrogens is 4. The van der Waals surface area contributed by atoms with Crippen molar-refractivity contribution in [3.05, 3.63) is 65.0 Å². The summed E-state index contributed by atoms with van der Waals surface area (Å²) in [5, 5.41) is 7.33. The summed E-state index contributed by atoms with van der Waals surface area (Å²) in [7, 11) is 0. The molecule has 0 radical (unpaired) electrons. The van der Waals surface area contributed by atoms with E-state index >= 15 is 0 Å². The van der Waals surface area contributed by atoms with E-state index < -0.39 is 0 Å². The fourth-order valence-electron chi connectivity index (χ4n) is 3.13. The molecule has 0 bridgehead atoms. The van der Waals surface area contributed by atoms with Gasteiger partial charge < -0.3 is 9.88 Å². The minimum atomic E-state index is -0.287. The number of amides is 1. The lowest BCUT2D eigenvalue weighted by Crippen LogP contribution is -2.27. The summed E-state index contributed by atoms with van der Waals surface area (Å²) < 4.78 is 12.9. The maximum Gasteiger partial charge on any atom is 0.270 e. The Labute approximate surface area is 176 Å². The van der Waals surface area contributed by atoms with Gasteiger partial charge in [-0.2, -0.15) is 0 Å². The molecule has 3 heterocycles. The predicted molar refractivity (Wildman–Crippen MR) is 113 cm³/mol. The van der Waals surface area contributed by atoms with Crippen LogP contribution in [-0.4, -0.2) is 55.6 Å². The molecule has 0 aliphatic carbocycles. The Kier molecular flexibility index (Phi) is 6.08. The average Bonchev–Trinajstić information content (AvgIpc) is 3.53. The molecule has 1 aromatic carbocycles. The second-order valence-corrected chi connectivity index (χ2v) is 7.84. The molecule has 154 valence electrons. The maximum absolute atomic E-state index is 12.9. The number of aromatic amines is 2. The average molecular weight is 425 g/mol. The number of hydrogen-bond donors (Lipinski definition) is 2. The molecular weight excluding hydrogens is 405 g/mol. The van der Waals surface area contributed by atoms with Crippen LogP contribution in [0.3, 0.4) is 0 Å². The van der Waals surface area contributed by atoms with Crippen LogP contribution in [0.5, 0.6) is 0 Å². The van der Waals surface area contributed by atoms with E-state index in [0.717, 1.165) is 31.5 Å². The van der Waals surface area contributed by atoms with Gasteiger partial charge in [0.05, 0.1) is 5.75 Å². The largest absolute Gasteiger partial charge is 0.356 e. The number of halogens is 1. The molecule has 2 aromatic heterocycles. The summed E-state index contributed by atoms with van der Waals surface area (Å²) in [5.41, 5.74) is 1.75. The number of rotatable bonds is 7. The second-order valence-electron chi connectivity index (χ2n) is 6.90. The van der Waals surface area contributed by atoms with E-state index in [2.05, 4.69) is 20.2 Å². The first-order chi connectivity index (χ1) is 14.6. The number of nitrogens with one attached hydrogen (secondary N) is 2. The number of carbonyl (C=O) groups excluding carboxylic acids is 2. The third kappa shape index (κ3) is 4.85. The molecule has 7 nitrogen and oxygen atoms in total. The van der Waals surface area contributed by atoms with Gasteiger partial charge >= 0.3 is 0 Å². The first-order valence-electron chi connectivity index (χ1n) is 9.58. The summed E-state index contributed by atoms with van der Waals surface area (Å²) in [6.45, 7) is 1.53. The quantitative estimate of drug-likeness (QED) is 0.445. The monoisotopic (exact) mass is 425 g/mol. The number of likely N-dealkylation sites (tertiary alicyclic amines) is 1. The number of thioether (sulfide) groups is 1. The number of nitrogens with zero attached hydrogens (tertiary/aromatic N) is 3. The van der Waals surface area contributed by atoms with Crippen LogP contribution in [0, 0.1) is 5.82 Å². The fraction of sp³-hybridized carbons (Fsp3) is 0.238. The van der Waals surface area contributed by atoms with Gasteiger partial charge in [0.1, 0.15) is 17.3 Å². The van der Waals surface area contributed by atoms with Crippen molar-refractivity contribution in [2.45, 2.75) is 18.0 Å². The SMILES string of the molecule is O=C(CSc1n[nH]c(C=Cc2ccc(F)cc2)n1)c1c[nH]c(C(=O)N2CCCC2)c1. The Balaban J connectivity index is 1.31. The lowest BCUT2D eigenvalue weighted by atomic mass is 10.2. The summed E-state index contributed by atoms with van der Waals surface area (Å²) >= 11 is 1.22. The molecule has 9 heteroatoms. The zero-order valence-corrected chi connectivity index (χ0v) is 16.9. The van der Waals surface area contributed by atoms with Gasteiger partial charge in [-0.1, -0.05) is 30.0 Å². The topological polar surface area (TPSA) is 94.7 Å². The van der Waals surface area contributed by atoms with E-state index in [9.17, 15) is 14.0 Å². The molecule has 30 heavy (non-hydrogen) atoms. The minimum absolute atomic E-state index is 0.0641.